The van der Waals surface area contributed by atoms with E-state index < -0.39 is 10.8 Å². The van der Waals surface area contributed by atoms with Gasteiger partial charge < -0.3 is 0 Å². The first-order valence-electron chi connectivity index (χ1n) is 7.04. The minimum atomic E-state index is -0.559. The quantitative estimate of drug-likeness (QED) is 0.641. The fraction of sp³-hybridized carbons (Fsp3) is 0.125. The van der Waals surface area contributed by atoms with Crippen LogP contribution in [0.25, 0.3) is 0 Å². The number of rotatable bonds is 5. The molecule has 8 heteroatoms. The maximum absolute atomic E-state index is 11.8. The van der Waals surface area contributed by atoms with Crippen LogP contribution in [0, 0.1) is 10.1 Å². The van der Waals surface area contributed by atoms with Crippen LogP contribution in [-0.2, 0) is 11.2 Å². The summed E-state index contributed by atoms with van der Waals surface area (Å²) in [6, 6.07) is 12.2. The number of nitrogens with zero attached hydrogens (tertiary/aromatic N) is 1. The van der Waals surface area contributed by atoms with Crippen molar-refractivity contribution in [2.75, 3.05) is 0 Å². The first-order chi connectivity index (χ1) is 11.5. The summed E-state index contributed by atoms with van der Waals surface area (Å²) in [5.74, 6) is -0.929. The van der Waals surface area contributed by atoms with Gasteiger partial charge in [-0.3, -0.25) is 30.6 Å². The molecule has 2 rings (SSSR count). The number of halogens is 1. The van der Waals surface area contributed by atoms with Gasteiger partial charge >= 0.3 is 0 Å². The number of non-ortho nitro benzene ring substituents is 1. The highest BCUT2D eigenvalue weighted by Crippen LogP contribution is 2.16. The van der Waals surface area contributed by atoms with Gasteiger partial charge in [0.1, 0.15) is 0 Å². The normalized spacial score (nSPS) is 10.0. The van der Waals surface area contributed by atoms with Crippen molar-refractivity contribution < 1.29 is 14.5 Å². The van der Waals surface area contributed by atoms with E-state index in [1.165, 1.54) is 24.3 Å². The van der Waals surface area contributed by atoms with Crippen molar-refractivity contribution in [3.05, 3.63) is 74.8 Å². The third-order valence-corrected chi connectivity index (χ3v) is 3.60. The number of nitrogens with one attached hydrogen (secondary N) is 2. The van der Waals surface area contributed by atoms with Crippen LogP contribution in [0.1, 0.15) is 22.3 Å². The zero-order valence-electron chi connectivity index (χ0n) is 12.5. The highest BCUT2D eigenvalue weighted by Gasteiger charge is 2.10. The number of hydrazine groups is 1. The maximum Gasteiger partial charge on any atom is 0.269 e. The smallest absolute Gasteiger partial charge is 0.269 e. The van der Waals surface area contributed by atoms with E-state index in [2.05, 4.69) is 10.9 Å². The lowest BCUT2D eigenvalue weighted by molar-refractivity contribution is -0.384. The van der Waals surface area contributed by atoms with Crippen LogP contribution < -0.4 is 10.9 Å². The largest absolute Gasteiger partial charge is 0.273 e. The van der Waals surface area contributed by atoms with Gasteiger partial charge in [-0.15, -0.1) is 0 Å². The molecule has 0 saturated heterocycles. The Morgan fingerprint density at radius 2 is 1.71 bits per heavy atom. The summed E-state index contributed by atoms with van der Waals surface area (Å²) in [5, 5.41) is 11.1. The summed E-state index contributed by atoms with van der Waals surface area (Å²) in [4.78, 5) is 33.6. The molecule has 0 radical (unpaired) electrons. The number of aryl methyl sites for hydroxylation is 1. The van der Waals surface area contributed by atoms with Gasteiger partial charge in [-0.2, -0.15) is 0 Å². The summed E-state index contributed by atoms with van der Waals surface area (Å²) >= 11 is 6.00. The van der Waals surface area contributed by atoms with Crippen LogP contribution in [0.3, 0.4) is 0 Å². The molecule has 0 unspecified atom stereocenters. The van der Waals surface area contributed by atoms with E-state index in [1.54, 1.807) is 12.1 Å². The SMILES string of the molecule is O=C(CCc1ccccc1Cl)NNC(=O)c1ccc([N+](=O)[O-])cc1. The fourth-order valence-corrected chi connectivity index (χ4v) is 2.18. The van der Waals surface area contributed by atoms with Crippen molar-refractivity contribution in [2.24, 2.45) is 0 Å². The minimum Gasteiger partial charge on any atom is -0.273 e. The van der Waals surface area contributed by atoms with Gasteiger partial charge in [-0.25, -0.2) is 0 Å². The van der Waals surface area contributed by atoms with E-state index >= 15 is 0 Å². The summed E-state index contributed by atoms with van der Waals surface area (Å²) in [5.41, 5.74) is 5.48. The molecule has 0 fully saturated rings. The zero-order valence-corrected chi connectivity index (χ0v) is 13.2. The summed E-state index contributed by atoms with van der Waals surface area (Å²) in [7, 11) is 0. The van der Waals surface area contributed by atoms with Crippen LogP contribution >= 0.6 is 11.6 Å². The Labute approximate surface area is 142 Å². The molecule has 0 atom stereocenters. The number of amides is 2. The first kappa shape index (κ1) is 17.4. The molecule has 0 bridgehead atoms. The summed E-state index contributed by atoms with van der Waals surface area (Å²) < 4.78 is 0. The number of carbonyl (C=O) groups is 2. The Balaban J connectivity index is 1.81. The van der Waals surface area contributed by atoms with Crippen molar-refractivity contribution in [3.63, 3.8) is 0 Å². The van der Waals surface area contributed by atoms with E-state index in [1.807, 2.05) is 12.1 Å². The Morgan fingerprint density at radius 1 is 1.04 bits per heavy atom. The van der Waals surface area contributed by atoms with Gasteiger partial charge in [0, 0.05) is 29.1 Å². The van der Waals surface area contributed by atoms with E-state index in [-0.39, 0.29) is 23.6 Å². The lowest BCUT2D eigenvalue weighted by Crippen LogP contribution is -2.41. The number of hydrogen-bond acceptors (Lipinski definition) is 4. The Kier molecular flexibility index (Phi) is 5.86. The predicted octanol–water partition coefficient (Wildman–Crippen LogP) is 2.64. The molecule has 0 aliphatic carbocycles. The molecule has 0 heterocycles. The summed E-state index contributed by atoms with van der Waals surface area (Å²) in [6.07, 6.45) is 0.600. The Bertz CT molecular complexity index is 762. The minimum absolute atomic E-state index is 0.115. The lowest BCUT2D eigenvalue weighted by Gasteiger charge is -2.08. The molecule has 0 aliphatic rings. The monoisotopic (exact) mass is 347 g/mol. The van der Waals surface area contributed by atoms with Crippen LogP contribution in [0.15, 0.2) is 48.5 Å². The molecule has 2 aromatic rings. The van der Waals surface area contributed by atoms with Gasteiger partial charge in [0.2, 0.25) is 5.91 Å². The highest BCUT2D eigenvalue weighted by atomic mass is 35.5. The molecule has 24 heavy (non-hydrogen) atoms. The van der Waals surface area contributed by atoms with E-state index in [4.69, 9.17) is 11.6 Å². The van der Waals surface area contributed by atoms with Gasteiger partial charge in [0.05, 0.1) is 4.92 Å². The molecular weight excluding hydrogens is 334 g/mol. The molecule has 124 valence electrons. The van der Waals surface area contributed by atoms with Gasteiger partial charge in [-0.1, -0.05) is 29.8 Å². The topological polar surface area (TPSA) is 101 Å². The third kappa shape index (κ3) is 4.79. The third-order valence-electron chi connectivity index (χ3n) is 3.24. The second-order valence-electron chi connectivity index (χ2n) is 4.90. The van der Waals surface area contributed by atoms with Gasteiger partial charge in [-0.05, 0) is 30.2 Å². The molecule has 2 N–H and O–H groups in total. The Hall–Kier alpha value is -2.93. The van der Waals surface area contributed by atoms with Crippen LogP contribution in [-0.4, -0.2) is 16.7 Å². The number of carbonyl (C=O) groups excluding carboxylic acids is 2. The number of nitro benzene ring substituents is 1. The van der Waals surface area contributed by atoms with Crippen LogP contribution in [0.2, 0.25) is 5.02 Å². The molecule has 2 amide bonds. The summed E-state index contributed by atoms with van der Waals surface area (Å²) in [6.45, 7) is 0. The molecular formula is C16H14ClN3O4. The number of hydrogen-bond donors (Lipinski definition) is 2. The standard InChI is InChI=1S/C16H14ClN3O4/c17-14-4-2-1-3-11(14)7-10-15(21)18-19-16(22)12-5-8-13(9-6-12)20(23)24/h1-6,8-9H,7,10H2,(H,18,21)(H,19,22). The highest BCUT2D eigenvalue weighted by molar-refractivity contribution is 6.31. The van der Waals surface area contributed by atoms with E-state index in [0.717, 1.165) is 5.56 Å². The van der Waals surface area contributed by atoms with Crippen molar-refractivity contribution in [3.8, 4) is 0 Å². The molecule has 0 aromatic heterocycles. The van der Waals surface area contributed by atoms with Gasteiger partial charge in [0.25, 0.3) is 11.6 Å². The van der Waals surface area contributed by atoms with Crippen molar-refractivity contribution in [1.82, 2.24) is 10.9 Å². The van der Waals surface area contributed by atoms with Gasteiger partial charge in [0.15, 0.2) is 0 Å². The average molecular weight is 348 g/mol. The molecule has 0 saturated carbocycles. The van der Waals surface area contributed by atoms with Crippen LogP contribution in [0.5, 0.6) is 0 Å². The number of nitro groups is 1. The maximum atomic E-state index is 11.8. The second-order valence-corrected chi connectivity index (χ2v) is 5.30. The fourth-order valence-electron chi connectivity index (χ4n) is 1.95. The predicted molar refractivity (Wildman–Crippen MR) is 88.5 cm³/mol. The Morgan fingerprint density at radius 3 is 2.33 bits per heavy atom. The van der Waals surface area contributed by atoms with Crippen molar-refractivity contribution >= 4 is 29.1 Å². The van der Waals surface area contributed by atoms with Crippen molar-refractivity contribution in [2.45, 2.75) is 12.8 Å². The first-order valence-corrected chi connectivity index (χ1v) is 7.42. The van der Waals surface area contributed by atoms with E-state index in [0.29, 0.717) is 11.4 Å². The second kappa shape index (κ2) is 8.07. The lowest BCUT2D eigenvalue weighted by atomic mass is 10.1. The molecule has 7 nitrogen and oxygen atoms in total. The van der Waals surface area contributed by atoms with E-state index in [9.17, 15) is 19.7 Å². The number of benzene rings is 2. The molecule has 0 spiro atoms. The molecule has 0 aliphatic heterocycles. The zero-order chi connectivity index (χ0) is 17.5. The van der Waals surface area contributed by atoms with Crippen LogP contribution in [0.4, 0.5) is 5.69 Å². The van der Waals surface area contributed by atoms with Crippen molar-refractivity contribution in [1.29, 1.82) is 0 Å². The average Bonchev–Trinajstić information content (AvgIpc) is 2.59. The molecule has 2 aromatic carbocycles.